The van der Waals surface area contributed by atoms with E-state index in [1.54, 1.807) is 55.4 Å². The molecule has 4 saturated heterocycles. The predicted molar refractivity (Wildman–Crippen MR) is 471 cm³/mol. The molecule has 8 heterocycles. The number of nitrogens with two attached hydrogens (primary N) is 4. The van der Waals surface area contributed by atoms with Crippen molar-refractivity contribution in [1.29, 1.82) is 0 Å². The molecule has 12 unspecified atom stereocenters. The molecular weight excluding hydrogens is 1520 g/mol. The molecule has 4 aromatic carbocycles. The summed E-state index contributed by atoms with van der Waals surface area (Å²) in [6.45, 7) is -31.0. The fraction of sp³-hybridized carbons (Fsp3) is 0.708. The van der Waals surface area contributed by atoms with E-state index in [4.69, 9.17) is 165 Å². The first-order valence-electron chi connectivity index (χ1n) is 71.5. The maximum Gasteiger partial charge on any atom is 0.323 e. The van der Waals surface area contributed by atoms with Crippen molar-refractivity contribution in [2.24, 2.45) is 93.9 Å². The maximum atomic E-state index is 13.6. The summed E-state index contributed by atoms with van der Waals surface area (Å²) in [6, 6.07) is -31.6. The number of benzene rings is 4. The third-order valence-corrected chi connectivity index (χ3v) is 20.1. The fourth-order valence-electron chi connectivity index (χ4n) is 14.6. The molecule has 0 spiro atoms. The van der Waals surface area contributed by atoms with Gasteiger partial charge in [0.1, 0.15) is 48.5 Å². The lowest BCUT2D eigenvalue weighted by Crippen LogP contribution is -2.51. The molecule has 4 fully saturated rings. The van der Waals surface area contributed by atoms with Crippen molar-refractivity contribution < 1.29 is 168 Å². The Bertz CT molecular complexity index is 6950. The summed E-state index contributed by atoms with van der Waals surface area (Å²) in [5.74, 6) is -33.1. The SMILES string of the molecule is [2H]c1c(OC)c(OC([2H])([2H])[2H])c([2H])c2c1C1([2H])CC(OC(=O)[C@@]([2H])(N)C([2H])(C([2H])([2H])[2H])C([2H])([2H])[2H])C(CC(C)C)CN1C([2H])([2H])C2([2H])[2H].[2H]c1c(OC)c(OC([2H])([2H])[2H])c([2H])c2c1C1([2H])CC(OC(=O)[C@@]([2H])(N)C([2H])(C([2H])([2H])[2H])C([2H])([2H])[2H])C(CC(C)C)CN1C([2H])([2H])C2([2H])[2H].[2H]c1c(OC)c(OC)c([2H])c2c1C1([2H])CC(OC(=O)[C@@]([2H])(N)C([2H])(C([2H])([2H])[2H])C([2H])([2H])[2H])C(CC(C)C)CN1C([2H])([2H])C2([2H])[2H].[2H]c1c(OC)c(OC)c([2H])c2c1C1([2H])CC([2H])(OC(=O)[C@@]([2H])(N)C([2H])(C([2H])([2H])[2H])C([2H])([2H])[2H])C(CC(C)C)CN1C([2H])([2H])C2([2H])[2H]. The molecule has 0 aromatic heterocycles. The highest BCUT2D eigenvalue weighted by Gasteiger charge is 2.47. The number of methoxy groups -OCH3 is 8. The average Bonchev–Trinajstić information content (AvgIpc) is 0.684. The van der Waals surface area contributed by atoms with Crippen LogP contribution in [-0.4, -0.2) is 201 Å². The van der Waals surface area contributed by atoms with Crippen LogP contribution in [0.1, 0.15) is 322 Å². The minimum absolute atomic E-state index is 0.0290. The molecule has 24 nitrogen and oxygen atoms in total. The van der Waals surface area contributed by atoms with Gasteiger partial charge in [-0.05, 0) is 191 Å². The number of fused-ring (bicyclic) bond motifs is 12. The number of hydrogen-bond acceptors (Lipinski definition) is 24. The Hall–Kier alpha value is -7.16. The Morgan fingerprint density at radius 3 is 0.833 bits per heavy atom. The van der Waals surface area contributed by atoms with Gasteiger partial charge in [-0.15, -0.1) is 0 Å². The van der Waals surface area contributed by atoms with Crippen molar-refractivity contribution in [2.45, 2.75) is 260 Å². The van der Waals surface area contributed by atoms with Crippen molar-refractivity contribution in [3.8, 4) is 46.0 Å². The van der Waals surface area contributed by atoms with Crippen molar-refractivity contribution >= 4 is 23.9 Å². The van der Waals surface area contributed by atoms with Crippen LogP contribution in [0.5, 0.6) is 46.0 Å². The molecule has 8 aliphatic rings. The number of piperidine rings is 4. The standard InChI is InChI=1S/4C24H38N2O4/c4*1-14(2)9-17-13-26-8-7-16-10-21(28-5)22(29-6)11-18(16)19(26)12-20(17)30-24(27)23(25)15(3)4/h4*10-11,14-15,17,19-20,23H,7-9,12-13,25H2,1-6H3/t4*17?,19?,20?,23-/m0000/s1/i3D3,4D3,7D2,8D2,10D,11D,15D,19D,20D,23D;2*3D3,4D3,5D3,7D2,8D2,10D,11D,15D,19D,23D;3D3,4D3,7D2,8D2,10D,11D,15D,19D,23D. The van der Waals surface area contributed by atoms with Gasteiger partial charge >= 0.3 is 23.9 Å². The molecule has 24 heteroatoms. The van der Waals surface area contributed by atoms with Crippen LogP contribution in [0.25, 0.3) is 0 Å². The van der Waals surface area contributed by atoms with Crippen LogP contribution < -0.4 is 60.8 Å². The third-order valence-electron chi connectivity index (χ3n) is 20.1. The van der Waals surface area contributed by atoms with Gasteiger partial charge in [0.15, 0.2) is 46.0 Å². The number of carbonyl (C=O) groups is 4. The van der Waals surface area contributed by atoms with E-state index in [0.29, 0.717) is 0 Å². The van der Waals surface area contributed by atoms with Gasteiger partial charge < -0.3 is 79.8 Å². The van der Waals surface area contributed by atoms with Crippen LogP contribution in [-0.2, 0) is 63.6 Å². The van der Waals surface area contributed by atoms with E-state index in [2.05, 4.69) is 0 Å². The van der Waals surface area contributed by atoms with Crippen LogP contribution in [0.15, 0.2) is 48.3 Å². The number of ether oxygens (including phenoxy) is 12. The smallest absolute Gasteiger partial charge is 0.323 e. The summed E-state index contributed by atoms with van der Waals surface area (Å²) in [6.07, 6.45) is -22.7. The normalized spacial score (nSPS) is 42.0. The zero-order valence-corrected chi connectivity index (χ0v) is 69.0. The first-order valence-corrected chi connectivity index (χ1v) is 38.0. The van der Waals surface area contributed by atoms with E-state index in [1.807, 2.05) is 0 Å². The second kappa shape index (κ2) is 43.9. The molecule has 0 bridgehead atoms. The van der Waals surface area contributed by atoms with Crippen molar-refractivity contribution in [3.05, 3.63) is 92.8 Å². The lowest BCUT2D eigenvalue weighted by molar-refractivity contribution is -0.161. The van der Waals surface area contributed by atoms with E-state index in [9.17, 15) is 26.0 Å². The first-order chi connectivity index (χ1) is 83.1. The molecule has 16 atom stereocenters. The van der Waals surface area contributed by atoms with Crippen molar-refractivity contribution in [1.82, 2.24) is 19.6 Å². The van der Waals surface area contributed by atoms with Gasteiger partial charge in [-0.25, -0.2) is 0 Å². The van der Waals surface area contributed by atoms with Gasteiger partial charge in [0.05, 0.1) is 88.3 Å². The highest BCUT2D eigenvalue weighted by Crippen LogP contribution is 2.50. The Balaban J connectivity index is 0.000000271. The van der Waals surface area contributed by atoms with Gasteiger partial charge in [-0.1, -0.05) is 110 Å². The van der Waals surface area contributed by atoms with E-state index < -0.39 is 443 Å². The topological polar surface area (TPSA) is 296 Å². The molecule has 8 aliphatic heterocycles. The lowest BCUT2D eigenvalue weighted by Gasteiger charge is -2.47. The molecule has 0 saturated carbocycles. The van der Waals surface area contributed by atoms with Gasteiger partial charge in [0.2, 0.25) is 0 Å². The minimum Gasteiger partial charge on any atom is -0.493 e. The van der Waals surface area contributed by atoms with Crippen molar-refractivity contribution in [2.75, 3.05) is 109 Å². The second-order valence-corrected chi connectivity index (χ2v) is 30.4. The number of esters is 4. The third kappa shape index (κ3) is 23.8. The van der Waals surface area contributed by atoms with E-state index >= 15 is 0 Å². The minimum atomic E-state index is -3.95. The number of nitrogens with zero attached hydrogens (tertiary/aromatic N) is 4. The summed E-state index contributed by atoms with van der Waals surface area (Å²) >= 11 is 0. The average molecular weight is 1740 g/mol. The first kappa shape index (κ1) is 40.0. The number of rotatable bonds is 28. The monoisotopic (exact) mass is 1740 g/mol. The number of hydrogen-bond donors (Lipinski definition) is 4. The Morgan fingerprint density at radius 2 is 0.592 bits per heavy atom. The molecule has 4 aromatic rings. The molecule has 12 rings (SSSR count). The molecule has 0 aliphatic carbocycles. The van der Waals surface area contributed by atoms with Crippen LogP contribution in [0, 0.1) is 70.9 Å². The molecule has 0 amide bonds. The number of carbonyl (C=O) groups excluding carboxylic acids is 4. The zero-order chi connectivity index (χ0) is 146. The second-order valence-electron chi connectivity index (χ2n) is 30.4. The van der Waals surface area contributed by atoms with E-state index in [1.165, 1.54) is 0 Å². The molecular formula is C96H152N8O16. The van der Waals surface area contributed by atoms with Crippen LogP contribution in [0.3, 0.4) is 0 Å². The Labute approximate surface area is 812 Å². The van der Waals surface area contributed by atoms with Gasteiger partial charge in [0.25, 0.3) is 0 Å². The lowest BCUT2D eigenvalue weighted by atomic mass is 9.79. The highest BCUT2D eigenvalue weighted by molar-refractivity contribution is 5.77. The summed E-state index contributed by atoms with van der Waals surface area (Å²) in [5, 5.41) is 0. The Morgan fingerprint density at radius 1 is 0.367 bits per heavy atom. The summed E-state index contributed by atoms with van der Waals surface area (Å²) in [4.78, 5) is 57.3. The fourth-order valence-corrected chi connectivity index (χ4v) is 14.6. The summed E-state index contributed by atoms with van der Waals surface area (Å²) in [7, 11) is 0.117. The van der Waals surface area contributed by atoms with Crippen LogP contribution in [0.4, 0.5) is 0 Å². The highest BCUT2D eigenvalue weighted by atomic mass is 16.6. The predicted octanol–water partition coefficient (Wildman–Crippen LogP) is 14.3. The van der Waals surface area contributed by atoms with Gasteiger partial charge in [-0.3, -0.25) is 38.8 Å². The van der Waals surface area contributed by atoms with Crippen molar-refractivity contribution in [3.63, 3.8) is 0 Å². The van der Waals surface area contributed by atoms with E-state index in [0.717, 1.165) is 62.3 Å². The summed E-state index contributed by atoms with van der Waals surface area (Å²) in [5.41, 5.74) is 17.4. The van der Waals surface area contributed by atoms with Gasteiger partial charge in [-0.2, -0.15) is 0 Å². The van der Waals surface area contributed by atoms with Gasteiger partial charge in [0, 0.05) is 186 Å². The summed E-state index contributed by atoms with van der Waals surface area (Å²) < 4.78 is 619. The van der Waals surface area contributed by atoms with E-state index in [-0.39, 0.29) is 60.9 Å². The maximum absolute atomic E-state index is 13.6. The van der Waals surface area contributed by atoms with Crippen LogP contribution >= 0.6 is 0 Å². The molecule has 672 valence electrons. The molecule has 0 radical (unpaired) electrons. The van der Waals surface area contributed by atoms with Crippen LogP contribution in [0.2, 0.25) is 0 Å². The molecule has 8 N–H and O–H groups in total. The molecule has 120 heavy (non-hydrogen) atoms. The Kier molecular flexibility index (Phi) is 14.6. The largest absolute Gasteiger partial charge is 0.493 e. The zero-order valence-electron chi connectivity index (χ0n) is 136. The quantitative estimate of drug-likeness (QED) is 0.0303.